The SMILES string of the molecule is COc1ccccc1C1CC(Nc2ccc(O)cc2C)C1. The summed E-state index contributed by atoms with van der Waals surface area (Å²) in [4.78, 5) is 0. The molecular formula is C18H21NO2. The Balaban J connectivity index is 1.63. The molecule has 0 atom stereocenters. The number of phenolic OH excluding ortho intramolecular Hbond substituents is 1. The van der Waals surface area contributed by atoms with Crippen molar-refractivity contribution in [2.45, 2.75) is 31.7 Å². The molecule has 1 saturated carbocycles. The third-order valence-electron chi connectivity index (χ3n) is 4.29. The van der Waals surface area contributed by atoms with Crippen LogP contribution in [0.5, 0.6) is 11.5 Å². The van der Waals surface area contributed by atoms with E-state index in [1.165, 1.54) is 5.56 Å². The van der Waals surface area contributed by atoms with Crippen LogP contribution < -0.4 is 10.1 Å². The van der Waals surface area contributed by atoms with Gasteiger partial charge < -0.3 is 15.2 Å². The monoisotopic (exact) mass is 283 g/mol. The first-order chi connectivity index (χ1) is 10.2. The van der Waals surface area contributed by atoms with E-state index in [1.54, 1.807) is 19.2 Å². The van der Waals surface area contributed by atoms with Crippen molar-refractivity contribution in [2.24, 2.45) is 0 Å². The highest BCUT2D eigenvalue weighted by Gasteiger charge is 2.32. The predicted molar refractivity (Wildman–Crippen MR) is 85.2 cm³/mol. The molecule has 2 aromatic rings. The highest BCUT2D eigenvalue weighted by molar-refractivity contribution is 5.54. The fourth-order valence-electron chi connectivity index (χ4n) is 3.02. The van der Waals surface area contributed by atoms with E-state index in [2.05, 4.69) is 17.4 Å². The highest BCUT2D eigenvalue weighted by Crippen LogP contribution is 2.42. The standard InChI is InChI=1S/C18H21NO2/c1-12-9-15(20)7-8-17(12)19-14-10-13(11-14)16-5-3-4-6-18(16)21-2/h3-9,13-14,19-20H,10-11H2,1-2H3. The molecule has 110 valence electrons. The number of benzene rings is 2. The molecule has 3 heteroatoms. The quantitative estimate of drug-likeness (QED) is 0.831. The lowest BCUT2D eigenvalue weighted by molar-refractivity contribution is 0.349. The number of aromatic hydroxyl groups is 1. The average molecular weight is 283 g/mol. The van der Waals surface area contributed by atoms with Crippen LogP contribution in [-0.2, 0) is 0 Å². The van der Waals surface area contributed by atoms with Crippen molar-refractivity contribution >= 4 is 5.69 Å². The second kappa shape index (κ2) is 5.68. The van der Waals surface area contributed by atoms with Gasteiger partial charge in [0.05, 0.1) is 7.11 Å². The number of hydrogen-bond donors (Lipinski definition) is 2. The summed E-state index contributed by atoms with van der Waals surface area (Å²) in [5.41, 5.74) is 3.49. The third-order valence-corrected chi connectivity index (χ3v) is 4.29. The first-order valence-electron chi connectivity index (χ1n) is 7.36. The zero-order chi connectivity index (χ0) is 14.8. The van der Waals surface area contributed by atoms with Gasteiger partial charge in [-0.2, -0.15) is 0 Å². The van der Waals surface area contributed by atoms with Crippen LogP contribution in [0.2, 0.25) is 0 Å². The second-order valence-corrected chi connectivity index (χ2v) is 5.75. The minimum Gasteiger partial charge on any atom is -0.508 e. The Kier molecular flexibility index (Phi) is 3.74. The van der Waals surface area contributed by atoms with Crippen LogP contribution in [-0.4, -0.2) is 18.3 Å². The van der Waals surface area contributed by atoms with Gasteiger partial charge >= 0.3 is 0 Å². The molecule has 1 aliphatic rings. The molecule has 0 radical (unpaired) electrons. The van der Waals surface area contributed by atoms with Gasteiger partial charge in [-0.15, -0.1) is 0 Å². The van der Waals surface area contributed by atoms with E-state index >= 15 is 0 Å². The van der Waals surface area contributed by atoms with Gasteiger partial charge in [0.1, 0.15) is 11.5 Å². The van der Waals surface area contributed by atoms with Crippen LogP contribution in [0.1, 0.15) is 29.9 Å². The number of aryl methyl sites for hydroxylation is 1. The van der Waals surface area contributed by atoms with Crippen LogP contribution in [0, 0.1) is 6.92 Å². The second-order valence-electron chi connectivity index (χ2n) is 5.75. The van der Waals surface area contributed by atoms with E-state index < -0.39 is 0 Å². The van der Waals surface area contributed by atoms with Gasteiger partial charge in [-0.3, -0.25) is 0 Å². The van der Waals surface area contributed by atoms with Crippen LogP contribution >= 0.6 is 0 Å². The summed E-state index contributed by atoms with van der Waals surface area (Å²) in [6.07, 6.45) is 2.22. The fraction of sp³-hybridized carbons (Fsp3) is 0.333. The van der Waals surface area contributed by atoms with Gasteiger partial charge in [-0.25, -0.2) is 0 Å². The molecule has 3 rings (SSSR count). The molecule has 0 amide bonds. The van der Waals surface area contributed by atoms with Crippen molar-refractivity contribution in [3.63, 3.8) is 0 Å². The Hall–Kier alpha value is -2.16. The van der Waals surface area contributed by atoms with Crippen LogP contribution in [0.25, 0.3) is 0 Å². The summed E-state index contributed by atoms with van der Waals surface area (Å²) in [6.45, 7) is 2.01. The summed E-state index contributed by atoms with van der Waals surface area (Å²) >= 11 is 0. The molecule has 2 aromatic carbocycles. The normalized spacial score (nSPS) is 20.7. The molecule has 1 aliphatic carbocycles. The van der Waals surface area contributed by atoms with Crippen molar-refractivity contribution in [3.8, 4) is 11.5 Å². The van der Waals surface area contributed by atoms with Gasteiger partial charge in [0, 0.05) is 11.7 Å². The zero-order valence-electron chi connectivity index (χ0n) is 12.5. The number of hydrogen-bond acceptors (Lipinski definition) is 3. The number of rotatable bonds is 4. The maximum atomic E-state index is 9.45. The topological polar surface area (TPSA) is 41.5 Å². The summed E-state index contributed by atoms with van der Waals surface area (Å²) < 4.78 is 5.44. The molecule has 0 unspecified atom stereocenters. The largest absolute Gasteiger partial charge is 0.508 e. The lowest BCUT2D eigenvalue weighted by Crippen LogP contribution is -2.34. The molecule has 0 bridgehead atoms. The minimum absolute atomic E-state index is 0.318. The number of nitrogens with one attached hydrogen (secondary N) is 1. The summed E-state index contributed by atoms with van der Waals surface area (Å²) in [7, 11) is 1.73. The van der Waals surface area contributed by atoms with Gasteiger partial charge in [0.15, 0.2) is 0 Å². The number of phenols is 1. The molecular weight excluding hydrogens is 262 g/mol. The van der Waals surface area contributed by atoms with E-state index in [0.717, 1.165) is 29.8 Å². The number of methoxy groups -OCH3 is 1. The van der Waals surface area contributed by atoms with E-state index in [9.17, 15) is 5.11 Å². The van der Waals surface area contributed by atoms with Gasteiger partial charge in [-0.05, 0) is 61.1 Å². The van der Waals surface area contributed by atoms with Gasteiger partial charge in [-0.1, -0.05) is 18.2 Å². The maximum absolute atomic E-state index is 9.45. The lowest BCUT2D eigenvalue weighted by atomic mass is 9.75. The number of para-hydroxylation sites is 1. The van der Waals surface area contributed by atoms with Crippen LogP contribution in [0.15, 0.2) is 42.5 Å². The first kappa shape index (κ1) is 13.8. The van der Waals surface area contributed by atoms with Crippen LogP contribution in [0.4, 0.5) is 5.69 Å². The Labute approximate surface area is 125 Å². The fourth-order valence-corrected chi connectivity index (χ4v) is 3.02. The molecule has 0 heterocycles. The molecule has 0 aromatic heterocycles. The molecule has 2 N–H and O–H groups in total. The van der Waals surface area contributed by atoms with Crippen molar-refractivity contribution in [3.05, 3.63) is 53.6 Å². The summed E-state index contributed by atoms with van der Waals surface area (Å²) in [5.74, 6) is 1.87. The minimum atomic E-state index is 0.318. The zero-order valence-corrected chi connectivity index (χ0v) is 12.5. The van der Waals surface area contributed by atoms with Crippen molar-refractivity contribution < 1.29 is 9.84 Å². The first-order valence-corrected chi connectivity index (χ1v) is 7.36. The van der Waals surface area contributed by atoms with Crippen molar-refractivity contribution in [2.75, 3.05) is 12.4 Å². The van der Waals surface area contributed by atoms with Crippen LogP contribution in [0.3, 0.4) is 0 Å². The number of ether oxygens (including phenoxy) is 1. The maximum Gasteiger partial charge on any atom is 0.122 e. The number of anilines is 1. The highest BCUT2D eigenvalue weighted by atomic mass is 16.5. The molecule has 0 aliphatic heterocycles. The van der Waals surface area contributed by atoms with E-state index in [4.69, 9.17) is 4.74 Å². The Bertz CT molecular complexity index is 633. The molecule has 0 spiro atoms. The molecule has 1 fully saturated rings. The van der Waals surface area contributed by atoms with E-state index in [1.807, 2.05) is 25.1 Å². The predicted octanol–water partition coefficient (Wildman–Crippen LogP) is 4.07. The third kappa shape index (κ3) is 2.82. The Morgan fingerprint density at radius 1 is 1.14 bits per heavy atom. The molecule has 0 saturated heterocycles. The summed E-state index contributed by atoms with van der Waals surface area (Å²) in [6, 6.07) is 14.2. The van der Waals surface area contributed by atoms with E-state index in [-0.39, 0.29) is 0 Å². The summed E-state index contributed by atoms with van der Waals surface area (Å²) in [5, 5.41) is 13.0. The van der Waals surface area contributed by atoms with Gasteiger partial charge in [0.2, 0.25) is 0 Å². The van der Waals surface area contributed by atoms with Crippen molar-refractivity contribution in [1.29, 1.82) is 0 Å². The van der Waals surface area contributed by atoms with E-state index in [0.29, 0.717) is 17.7 Å². The Morgan fingerprint density at radius 2 is 1.90 bits per heavy atom. The molecule has 21 heavy (non-hydrogen) atoms. The Morgan fingerprint density at radius 3 is 2.62 bits per heavy atom. The van der Waals surface area contributed by atoms with Crippen molar-refractivity contribution in [1.82, 2.24) is 0 Å². The van der Waals surface area contributed by atoms with Gasteiger partial charge in [0.25, 0.3) is 0 Å². The smallest absolute Gasteiger partial charge is 0.122 e. The average Bonchev–Trinajstić information content (AvgIpc) is 2.44. The lowest BCUT2D eigenvalue weighted by Gasteiger charge is -2.37. The molecule has 3 nitrogen and oxygen atoms in total.